The molecule has 3 rings (SSSR count). The second-order valence-electron chi connectivity index (χ2n) is 7.36. The van der Waals surface area contributed by atoms with Gasteiger partial charge in [-0.15, -0.1) is 0 Å². The van der Waals surface area contributed by atoms with E-state index in [1.165, 1.54) is 17.2 Å². The van der Waals surface area contributed by atoms with Crippen molar-refractivity contribution in [2.75, 3.05) is 13.1 Å². The molecular weight excluding hydrogens is 328 g/mol. The van der Waals surface area contributed by atoms with E-state index in [1.807, 2.05) is 17.0 Å². The Morgan fingerprint density at radius 1 is 1.12 bits per heavy atom. The number of nitrogens with zero attached hydrogens (tertiary/aromatic N) is 4. The van der Waals surface area contributed by atoms with E-state index >= 15 is 0 Å². The van der Waals surface area contributed by atoms with Gasteiger partial charge in [0.2, 0.25) is 5.91 Å². The van der Waals surface area contributed by atoms with Crippen LogP contribution >= 0.6 is 0 Å². The average Bonchev–Trinajstić information content (AvgIpc) is 2.63. The molecule has 3 heterocycles. The molecule has 0 bridgehead atoms. The summed E-state index contributed by atoms with van der Waals surface area (Å²) in [5, 5.41) is 4.43. The predicted molar refractivity (Wildman–Crippen MR) is 100 cm³/mol. The maximum Gasteiger partial charge on any atom is 0.266 e. The zero-order valence-electron chi connectivity index (χ0n) is 15.5. The van der Waals surface area contributed by atoms with Crippen LogP contribution in [0.15, 0.2) is 41.5 Å². The van der Waals surface area contributed by atoms with Crippen LogP contribution in [0.4, 0.5) is 0 Å². The molecule has 1 amide bonds. The zero-order valence-corrected chi connectivity index (χ0v) is 15.5. The molecule has 1 aliphatic rings. The van der Waals surface area contributed by atoms with Crippen molar-refractivity contribution in [2.24, 2.45) is 11.8 Å². The van der Waals surface area contributed by atoms with Crippen molar-refractivity contribution >= 4 is 5.91 Å². The van der Waals surface area contributed by atoms with Crippen molar-refractivity contribution in [3.8, 4) is 11.3 Å². The number of hydrogen-bond acceptors (Lipinski definition) is 4. The molecule has 0 aliphatic carbocycles. The fourth-order valence-corrected chi connectivity index (χ4v) is 3.69. The minimum atomic E-state index is -0.143. The first-order valence-electron chi connectivity index (χ1n) is 9.29. The number of aryl methyl sites for hydroxylation is 1. The summed E-state index contributed by atoms with van der Waals surface area (Å²) in [4.78, 5) is 30.5. The van der Waals surface area contributed by atoms with Gasteiger partial charge in [-0.25, -0.2) is 4.68 Å². The van der Waals surface area contributed by atoms with Gasteiger partial charge in [0.1, 0.15) is 0 Å². The zero-order chi connectivity index (χ0) is 18.5. The summed E-state index contributed by atoms with van der Waals surface area (Å²) in [6.45, 7) is 6.54. The van der Waals surface area contributed by atoms with Crippen LogP contribution < -0.4 is 5.56 Å². The number of amides is 1. The Kier molecular flexibility index (Phi) is 5.81. The van der Waals surface area contributed by atoms with Gasteiger partial charge in [0.05, 0.1) is 5.69 Å². The number of aromatic nitrogens is 3. The molecule has 2 unspecified atom stereocenters. The molecule has 1 saturated heterocycles. The second kappa shape index (κ2) is 8.25. The average molecular weight is 354 g/mol. The highest BCUT2D eigenvalue weighted by atomic mass is 16.2. The SMILES string of the molecule is CC1CC(C)CN(C(=O)CCCn2nc(-c3ccncc3)ccc2=O)C1. The molecule has 2 aromatic rings. The van der Waals surface area contributed by atoms with Crippen LogP contribution in [0.25, 0.3) is 11.3 Å². The van der Waals surface area contributed by atoms with E-state index in [0.717, 1.165) is 24.3 Å². The maximum absolute atomic E-state index is 12.5. The minimum Gasteiger partial charge on any atom is -0.342 e. The predicted octanol–water partition coefficient (Wildman–Crippen LogP) is 2.59. The third-order valence-electron chi connectivity index (χ3n) is 4.82. The van der Waals surface area contributed by atoms with Crippen LogP contribution in [-0.2, 0) is 11.3 Å². The lowest BCUT2D eigenvalue weighted by molar-refractivity contribution is -0.134. The summed E-state index contributed by atoms with van der Waals surface area (Å²) in [6.07, 6.45) is 5.65. The summed E-state index contributed by atoms with van der Waals surface area (Å²) in [5.74, 6) is 1.30. The van der Waals surface area contributed by atoms with Crippen molar-refractivity contribution in [3.05, 3.63) is 47.0 Å². The number of carbonyl (C=O) groups is 1. The van der Waals surface area contributed by atoms with Gasteiger partial charge in [0, 0.05) is 50.1 Å². The van der Waals surface area contributed by atoms with Gasteiger partial charge >= 0.3 is 0 Å². The minimum absolute atomic E-state index is 0.143. The van der Waals surface area contributed by atoms with E-state index in [2.05, 4.69) is 23.9 Å². The molecule has 0 N–H and O–H groups in total. The molecular formula is C20H26N4O2. The first-order valence-corrected chi connectivity index (χ1v) is 9.29. The quantitative estimate of drug-likeness (QED) is 0.828. The summed E-state index contributed by atoms with van der Waals surface area (Å²) < 4.78 is 1.45. The number of carbonyl (C=O) groups excluding carboxylic acids is 1. The van der Waals surface area contributed by atoms with Gasteiger partial charge < -0.3 is 4.90 Å². The highest BCUT2D eigenvalue weighted by Crippen LogP contribution is 2.21. The van der Waals surface area contributed by atoms with E-state index < -0.39 is 0 Å². The molecule has 0 aromatic carbocycles. The van der Waals surface area contributed by atoms with Gasteiger partial charge in [-0.3, -0.25) is 14.6 Å². The number of pyridine rings is 1. The molecule has 26 heavy (non-hydrogen) atoms. The number of likely N-dealkylation sites (tertiary alicyclic amines) is 1. The van der Waals surface area contributed by atoms with Gasteiger partial charge in [-0.1, -0.05) is 13.8 Å². The fraction of sp³-hybridized carbons (Fsp3) is 0.500. The van der Waals surface area contributed by atoms with Crippen molar-refractivity contribution in [3.63, 3.8) is 0 Å². The first-order chi connectivity index (χ1) is 12.5. The third kappa shape index (κ3) is 4.56. The lowest BCUT2D eigenvalue weighted by atomic mass is 9.91. The lowest BCUT2D eigenvalue weighted by Crippen LogP contribution is -2.42. The molecule has 6 heteroatoms. The normalized spacial score (nSPS) is 20.2. The van der Waals surface area contributed by atoms with Crippen molar-refractivity contribution in [1.82, 2.24) is 19.7 Å². The van der Waals surface area contributed by atoms with E-state index in [4.69, 9.17) is 0 Å². The van der Waals surface area contributed by atoms with E-state index in [0.29, 0.717) is 31.2 Å². The molecule has 0 spiro atoms. The van der Waals surface area contributed by atoms with Gasteiger partial charge in [-0.05, 0) is 42.9 Å². The first kappa shape index (κ1) is 18.3. The number of rotatable bonds is 5. The van der Waals surface area contributed by atoms with Crippen molar-refractivity contribution < 1.29 is 4.79 Å². The number of piperidine rings is 1. The van der Waals surface area contributed by atoms with Crippen LogP contribution in [0.2, 0.25) is 0 Å². The molecule has 138 valence electrons. The summed E-state index contributed by atoms with van der Waals surface area (Å²) in [6, 6.07) is 6.97. The van der Waals surface area contributed by atoms with Crippen LogP contribution in [0.3, 0.4) is 0 Å². The molecule has 2 aromatic heterocycles. The van der Waals surface area contributed by atoms with E-state index in [9.17, 15) is 9.59 Å². The Morgan fingerprint density at radius 2 is 1.81 bits per heavy atom. The molecule has 1 fully saturated rings. The van der Waals surface area contributed by atoms with Gasteiger partial charge in [0.15, 0.2) is 0 Å². The molecule has 2 atom stereocenters. The Morgan fingerprint density at radius 3 is 2.50 bits per heavy atom. The fourth-order valence-electron chi connectivity index (χ4n) is 3.69. The summed E-state index contributed by atoms with van der Waals surface area (Å²) >= 11 is 0. The van der Waals surface area contributed by atoms with Crippen molar-refractivity contribution in [2.45, 2.75) is 39.7 Å². The maximum atomic E-state index is 12.5. The third-order valence-corrected chi connectivity index (χ3v) is 4.82. The largest absolute Gasteiger partial charge is 0.342 e. The molecule has 1 aliphatic heterocycles. The van der Waals surface area contributed by atoms with Crippen LogP contribution in [-0.4, -0.2) is 38.7 Å². The Balaban J connectivity index is 1.59. The van der Waals surface area contributed by atoms with Crippen LogP contribution in [0, 0.1) is 11.8 Å². The second-order valence-corrected chi connectivity index (χ2v) is 7.36. The van der Waals surface area contributed by atoms with Gasteiger partial charge in [0.25, 0.3) is 5.56 Å². The lowest BCUT2D eigenvalue weighted by Gasteiger charge is -2.35. The Hall–Kier alpha value is -2.50. The van der Waals surface area contributed by atoms with Crippen LogP contribution in [0.1, 0.15) is 33.1 Å². The topological polar surface area (TPSA) is 68.1 Å². The molecule has 0 saturated carbocycles. The molecule has 0 radical (unpaired) electrons. The smallest absolute Gasteiger partial charge is 0.266 e. The Labute approximate surface area is 153 Å². The van der Waals surface area contributed by atoms with E-state index in [-0.39, 0.29) is 11.5 Å². The summed E-state index contributed by atoms with van der Waals surface area (Å²) in [7, 11) is 0. The highest BCUT2D eigenvalue weighted by molar-refractivity contribution is 5.76. The van der Waals surface area contributed by atoms with Crippen molar-refractivity contribution in [1.29, 1.82) is 0 Å². The Bertz CT molecular complexity index is 793. The van der Waals surface area contributed by atoms with E-state index in [1.54, 1.807) is 18.5 Å². The highest BCUT2D eigenvalue weighted by Gasteiger charge is 2.24. The van der Waals surface area contributed by atoms with Gasteiger partial charge in [-0.2, -0.15) is 5.10 Å². The number of hydrogen-bond donors (Lipinski definition) is 0. The van der Waals surface area contributed by atoms with Crippen LogP contribution in [0.5, 0.6) is 0 Å². The monoisotopic (exact) mass is 354 g/mol. The standard InChI is InChI=1S/C20H26N4O2/c1-15-12-16(2)14-23(13-15)19(25)4-3-11-24-20(26)6-5-18(22-24)17-7-9-21-10-8-17/h5-10,15-16H,3-4,11-14H2,1-2H3. The summed E-state index contributed by atoms with van der Waals surface area (Å²) in [5.41, 5.74) is 1.51. The molecule has 6 nitrogen and oxygen atoms in total.